The number of rotatable bonds is 5. The highest BCUT2D eigenvalue weighted by Crippen LogP contribution is 2.23. The number of aromatic amines is 1. The summed E-state index contributed by atoms with van der Waals surface area (Å²) in [5.41, 5.74) is 5.39. The number of nitrogens with one attached hydrogen (secondary N) is 2. The van der Waals surface area contributed by atoms with Crippen LogP contribution in [0.3, 0.4) is 0 Å². The van der Waals surface area contributed by atoms with Crippen molar-refractivity contribution in [1.82, 2.24) is 14.7 Å². The van der Waals surface area contributed by atoms with E-state index in [2.05, 4.69) is 14.7 Å². The number of hydrogen-bond acceptors (Lipinski definition) is 4. The Morgan fingerprint density at radius 1 is 1.45 bits per heavy atom. The molecule has 0 spiro atoms. The second kappa shape index (κ2) is 5.88. The summed E-state index contributed by atoms with van der Waals surface area (Å²) >= 11 is 5.77. The van der Waals surface area contributed by atoms with Gasteiger partial charge in [0.05, 0.1) is 6.54 Å². The van der Waals surface area contributed by atoms with Crippen LogP contribution >= 0.6 is 11.6 Å². The number of sulfonamides is 1. The summed E-state index contributed by atoms with van der Waals surface area (Å²) in [6.07, 6.45) is 3.03. The van der Waals surface area contributed by atoms with E-state index >= 15 is 0 Å². The fraction of sp³-hybridized carbons (Fsp3) is 0.182. The quantitative estimate of drug-likeness (QED) is 0.769. The molecule has 0 aliphatic rings. The Balaban J connectivity index is 2.31. The van der Waals surface area contributed by atoms with Gasteiger partial charge in [0, 0.05) is 29.5 Å². The van der Waals surface area contributed by atoms with E-state index in [9.17, 15) is 12.8 Å². The van der Waals surface area contributed by atoms with Gasteiger partial charge in [-0.3, -0.25) is 0 Å². The Hall–Kier alpha value is -1.48. The standard InChI is InChI=1S/C11H12ClFN4O2S/c12-8-3-7(5-14)11(13)9(4-8)20(18,19)17-6-10-15-1-2-16-10/h1-4,17H,5-6,14H2,(H,15,16). The lowest BCUT2D eigenvalue weighted by Crippen LogP contribution is -2.25. The summed E-state index contributed by atoms with van der Waals surface area (Å²) < 4.78 is 40.4. The van der Waals surface area contributed by atoms with E-state index < -0.39 is 20.7 Å². The van der Waals surface area contributed by atoms with E-state index in [1.165, 1.54) is 12.3 Å². The number of hydrogen-bond donors (Lipinski definition) is 3. The van der Waals surface area contributed by atoms with Gasteiger partial charge in [-0.1, -0.05) is 11.6 Å². The topological polar surface area (TPSA) is 101 Å². The Bertz CT molecular complexity index is 703. The van der Waals surface area contributed by atoms with Crippen molar-refractivity contribution < 1.29 is 12.8 Å². The normalized spacial score (nSPS) is 11.8. The first-order chi connectivity index (χ1) is 9.44. The van der Waals surface area contributed by atoms with E-state index in [-0.39, 0.29) is 23.7 Å². The number of halogens is 2. The lowest BCUT2D eigenvalue weighted by atomic mass is 10.2. The Kier molecular flexibility index (Phi) is 4.39. The molecule has 0 unspecified atom stereocenters. The van der Waals surface area contributed by atoms with Crippen LogP contribution in [-0.2, 0) is 23.1 Å². The highest BCUT2D eigenvalue weighted by atomic mass is 35.5. The van der Waals surface area contributed by atoms with Crippen LogP contribution in [0.1, 0.15) is 11.4 Å². The first-order valence-electron chi connectivity index (χ1n) is 5.60. The van der Waals surface area contributed by atoms with Gasteiger partial charge in [0.2, 0.25) is 10.0 Å². The second-order valence-corrected chi connectivity index (χ2v) is 6.11. The van der Waals surface area contributed by atoms with Crippen molar-refractivity contribution in [2.45, 2.75) is 18.0 Å². The minimum Gasteiger partial charge on any atom is -0.347 e. The molecule has 20 heavy (non-hydrogen) atoms. The van der Waals surface area contributed by atoms with Gasteiger partial charge in [0.25, 0.3) is 0 Å². The van der Waals surface area contributed by atoms with E-state index in [4.69, 9.17) is 17.3 Å². The first-order valence-corrected chi connectivity index (χ1v) is 7.46. The number of benzene rings is 1. The molecule has 9 heteroatoms. The van der Waals surface area contributed by atoms with Gasteiger partial charge in [0.1, 0.15) is 16.5 Å². The van der Waals surface area contributed by atoms with Gasteiger partial charge in [-0.2, -0.15) is 0 Å². The Labute approximate surface area is 120 Å². The summed E-state index contributed by atoms with van der Waals surface area (Å²) in [5, 5.41) is 0.102. The van der Waals surface area contributed by atoms with Crippen LogP contribution in [0.15, 0.2) is 29.4 Å². The SMILES string of the molecule is NCc1cc(Cl)cc(S(=O)(=O)NCc2ncc[nH]2)c1F. The molecule has 0 fully saturated rings. The zero-order valence-electron chi connectivity index (χ0n) is 10.2. The van der Waals surface area contributed by atoms with Crippen LogP contribution in [0.2, 0.25) is 5.02 Å². The van der Waals surface area contributed by atoms with Gasteiger partial charge < -0.3 is 10.7 Å². The predicted octanol–water partition coefficient (Wildman–Crippen LogP) is 1.14. The minimum absolute atomic E-state index is 0.0378. The summed E-state index contributed by atoms with van der Waals surface area (Å²) in [6, 6.07) is 2.34. The van der Waals surface area contributed by atoms with Crippen LogP contribution in [0.5, 0.6) is 0 Å². The highest BCUT2D eigenvalue weighted by molar-refractivity contribution is 7.89. The summed E-state index contributed by atoms with van der Waals surface area (Å²) in [6.45, 7) is -0.230. The molecule has 0 radical (unpaired) electrons. The molecule has 1 aromatic heterocycles. The van der Waals surface area contributed by atoms with E-state index in [0.29, 0.717) is 5.82 Å². The molecular formula is C11H12ClFN4O2S. The van der Waals surface area contributed by atoms with Crippen molar-refractivity contribution >= 4 is 21.6 Å². The average Bonchev–Trinajstić information content (AvgIpc) is 2.92. The molecular weight excluding hydrogens is 307 g/mol. The van der Waals surface area contributed by atoms with Crippen LogP contribution in [0.4, 0.5) is 4.39 Å². The Morgan fingerprint density at radius 3 is 2.80 bits per heavy atom. The number of nitrogens with zero attached hydrogens (tertiary/aromatic N) is 1. The molecule has 0 amide bonds. The summed E-state index contributed by atoms with van der Waals surface area (Å²) in [5.74, 6) is -0.487. The molecule has 0 saturated heterocycles. The molecule has 0 saturated carbocycles. The summed E-state index contributed by atoms with van der Waals surface area (Å²) in [4.78, 5) is 6.07. The third-order valence-corrected chi connectivity index (χ3v) is 4.19. The van der Waals surface area contributed by atoms with E-state index in [1.54, 1.807) is 6.20 Å². The monoisotopic (exact) mass is 318 g/mol. The molecule has 4 N–H and O–H groups in total. The van der Waals surface area contributed by atoms with Gasteiger partial charge in [-0.15, -0.1) is 0 Å². The van der Waals surface area contributed by atoms with Crippen LogP contribution in [-0.4, -0.2) is 18.4 Å². The molecule has 2 rings (SSSR count). The zero-order valence-corrected chi connectivity index (χ0v) is 11.8. The average molecular weight is 319 g/mol. The van der Waals surface area contributed by atoms with Crippen molar-refractivity contribution in [2.75, 3.05) is 0 Å². The maximum Gasteiger partial charge on any atom is 0.243 e. The van der Waals surface area contributed by atoms with Crippen molar-refractivity contribution in [1.29, 1.82) is 0 Å². The van der Waals surface area contributed by atoms with Crippen LogP contribution in [0.25, 0.3) is 0 Å². The fourth-order valence-electron chi connectivity index (χ4n) is 1.60. The predicted molar refractivity (Wildman–Crippen MR) is 71.9 cm³/mol. The van der Waals surface area contributed by atoms with Gasteiger partial charge in [-0.25, -0.2) is 22.5 Å². The molecule has 0 aliphatic carbocycles. The first kappa shape index (κ1) is 14.9. The highest BCUT2D eigenvalue weighted by Gasteiger charge is 2.22. The molecule has 1 aromatic carbocycles. The van der Waals surface area contributed by atoms with Crippen LogP contribution < -0.4 is 10.5 Å². The van der Waals surface area contributed by atoms with Crippen molar-refractivity contribution in [3.8, 4) is 0 Å². The van der Waals surface area contributed by atoms with Gasteiger partial charge in [-0.05, 0) is 12.1 Å². The minimum atomic E-state index is -4.05. The third kappa shape index (κ3) is 3.15. The lowest BCUT2D eigenvalue weighted by Gasteiger charge is -2.10. The lowest BCUT2D eigenvalue weighted by molar-refractivity contribution is 0.549. The summed E-state index contributed by atoms with van der Waals surface area (Å²) in [7, 11) is -4.05. The maximum absolute atomic E-state index is 14.0. The Morgan fingerprint density at radius 2 is 2.20 bits per heavy atom. The fourth-order valence-corrected chi connectivity index (χ4v) is 3.04. The van der Waals surface area contributed by atoms with E-state index in [1.807, 2.05) is 0 Å². The van der Waals surface area contributed by atoms with Crippen molar-refractivity contribution in [2.24, 2.45) is 5.73 Å². The molecule has 0 aliphatic heterocycles. The van der Waals surface area contributed by atoms with E-state index in [0.717, 1.165) is 6.07 Å². The largest absolute Gasteiger partial charge is 0.347 e. The van der Waals surface area contributed by atoms with Gasteiger partial charge >= 0.3 is 0 Å². The molecule has 6 nitrogen and oxygen atoms in total. The second-order valence-electron chi connectivity index (χ2n) is 3.94. The molecule has 108 valence electrons. The molecule has 1 heterocycles. The number of nitrogens with two attached hydrogens (primary N) is 1. The number of aromatic nitrogens is 2. The van der Waals surface area contributed by atoms with Crippen LogP contribution in [0, 0.1) is 5.82 Å². The van der Waals surface area contributed by atoms with Gasteiger partial charge in [0.15, 0.2) is 0 Å². The third-order valence-electron chi connectivity index (χ3n) is 2.57. The molecule has 0 atom stereocenters. The maximum atomic E-state index is 14.0. The number of imidazole rings is 1. The number of H-pyrrole nitrogens is 1. The molecule has 2 aromatic rings. The van der Waals surface area contributed by atoms with Crippen molar-refractivity contribution in [3.05, 3.63) is 46.8 Å². The van der Waals surface area contributed by atoms with Crippen molar-refractivity contribution in [3.63, 3.8) is 0 Å². The molecule has 0 bridgehead atoms. The smallest absolute Gasteiger partial charge is 0.243 e. The zero-order chi connectivity index (χ0) is 14.8.